The SMILES string of the molecule is [2H]c1sc2c(c1[2H])C([2H])([2H])C([2H])([2H])N1CCNCC21. The first-order valence-electron chi connectivity index (χ1n) is 7.36. The van der Waals surface area contributed by atoms with E-state index >= 15 is 0 Å². The number of thiophene rings is 1. The maximum Gasteiger partial charge on any atom is 0.0740 e. The second-order valence-electron chi connectivity index (χ2n) is 3.22. The van der Waals surface area contributed by atoms with Crippen LogP contribution in [0.2, 0.25) is 0 Å². The van der Waals surface area contributed by atoms with Crippen molar-refractivity contribution >= 4 is 11.3 Å². The van der Waals surface area contributed by atoms with Gasteiger partial charge in [0.1, 0.15) is 0 Å². The maximum absolute atomic E-state index is 8.14. The highest BCUT2D eigenvalue weighted by atomic mass is 32.1. The van der Waals surface area contributed by atoms with Crippen LogP contribution in [-0.2, 0) is 6.37 Å². The Labute approximate surface area is 91.0 Å². The van der Waals surface area contributed by atoms with Crippen LogP contribution < -0.4 is 5.32 Å². The zero-order valence-electron chi connectivity index (χ0n) is 13.1. The molecule has 3 rings (SSSR count). The third kappa shape index (κ3) is 1.23. The van der Waals surface area contributed by atoms with Crippen molar-refractivity contribution in [3.63, 3.8) is 0 Å². The van der Waals surface area contributed by atoms with E-state index in [2.05, 4.69) is 5.32 Å². The van der Waals surface area contributed by atoms with Crippen molar-refractivity contribution < 1.29 is 8.22 Å². The van der Waals surface area contributed by atoms with Gasteiger partial charge in [0.2, 0.25) is 0 Å². The molecule has 13 heavy (non-hydrogen) atoms. The van der Waals surface area contributed by atoms with Gasteiger partial charge in [0.15, 0.2) is 0 Å². The summed E-state index contributed by atoms with van der Waals surface area (Å²) in [5, 5.41) is 3.18. The summed E-state index contributed by atoms with van der Waals surface area (Å²) in [6.45, 7) is -0.582. The van der Waals surface area contributed by atoms with E-state index in [0.29, 0.717) is 24.5 Å². The molecule has 0 spiro atoms. The Morgan fingerprint density at radius 3 is 3.77 bits per heavy atom. The van der Waals surface area contributed by atoms with Crippen LogP contribution >= 0.6 is 11.3 Å². The normalized spacial score (nSPS) is 42.6. The van der Waals surface area contributed by atoms with E-state index in [1.54, 1.807) is 0 Å². The van der Waals surface area contributed by atoms with Crippen LogP contribution in [0, 0.1) is 0 Å². The van der Waals surface area contributed by atoms with E-state index in [9.17, 15) is 0 Å². The second-order valence-corrected chi connectivity index (χ2v) is 4.07. The molecule has 0 aliphatic carbocycles. The first-order chi connectivity index (χ1) is 8.78. The molecule has 0 saturated carbocycles. The number of nitrogens with one attached hydrogen (secondary N) is 1. The van der Waals surface area contributed by atoms with E-state index in [1.807, 2.05) is 0 Å². The Bertz CT molecular complexity index is 528. The van der Waals surface area contributed by atoms with E-state index in [-0.39, 0.29) is 23.0 Å². The van der Waals surface area contributed by atoms with Crippen molar-refractivity contribution in [3.8, 4) is 0 Å². The standard InChI is InChI=1S/C10H14N2S/c1-4-12-5-3-11-7-9(12)10-8(1)2-6-13-10/h2,6,9,11H,1,3-5,7H2/i1D2,2D,4D2,6D. The van der Waals surface area contributed by atoms with Crippen molar-refractivity contribution in [2.45, 2.75) is 12.4 Å². The summed E-state index contributed by atoms with van der Waals surface area (Å²) >= 11 is 1.10. The molecule has 70 valence electrons. The van der Waals surface area contributed by atoms with Gasteiger partial charge < -0.3 is 5.32 Å². The zero-order chi connectivity index (χ0) is 14.0. The summed E-state index contributed by atoms with van der Waals surface area (Å²) < 4.78 is 48.1. The fraction of sp³-hybridized carbons (Fsp3) is 0.600. The van der Waals surface area contributed by atoms with Gasteiger partial charge in [-0.05, 0) is 23.3 Å². The summed E-state index contributed by atoms with van der Waals surface area (Å²) in [6.07, 6.45) is -2.26. The highest BCUT2D eigenvalue weighted by Gasteiger charge is 2.29. The molecule has 0 amide bonds. The molecule has 1 aromatic heterocycles. The van der Waals surface area contributed by atoms with Gasteiger partial charge in [-0.1, -0.05) is 0 Å². The van der Waals surface area contributed by atoms with Gasteiger partial charge in [-0.2, -0.15) is 0 Å². The summed E-state index contributed by atoms with van der Waals surface area (Å²) in [5.41, 5.74) is 0.0671. The van der Waals surface area contributed by atoms with Crippen molar-refractivity contribution in [2.75, 3.05) is 26.1 Å². The van der Waals surface area contributed by atoms with Crippen LogP contribution in [0.25, 0.3) is 0 Å². The molecule has 1 unspecified atom stereocenters. The molecule has 1 atom stereocenters. The Hall–Kier alpha value is -0.380. The van der Waals surface area contributed by atoms with Crippen LogP contribution in [0.3, 0.4) is 0 Å². The largest absolute Gasteiger partial charge is 0.314 e. The number of hydrogen-bond donors (Lipinski definition) is 1. The predicted molar refractivity (Wildman–Crippen MR) is 55.2 cm³/mol. The minimum atomic E-state index is -2.26. The average molecular weight is 200 g/mol. The molecule has 2 aliphatic rings. The van der Waals surface area contributed by atoms with Gasteiger partial charge in [-0.25, -0.2) is 0 Å². The third-order valence-corrected chi connectivity index (χ3v) is 3.35. The average Bonchev–Trinajstić information content (AvgIpc) is 2.65. The summed E-state index contributed by atoms with van der Waals surface area (Å²) in [5.74, 6) is 0. The van der Waals surface area contributed by atoms with Gasteiger partial charge in [0, 0.05) is 36.5 Å². The van der Waals surface area contributed by atoms with Crippen LogP contribution in [0.5, 0.6) is 0 Å². The number of rotatable bonds is 0. The zero-order valence-corrected chi connectivity index (χ0v) is 7.87. The molecular weight excluding hydrogens is 180 g/mol. The Morgan fingerprint density at radius 2 is 2.77 bits per heavy atom. The maximum atomic E-state index is 8.14. The number of nitrogens with zero attached hydrogens (tertiary/aromatic N) is 1. The van der Waals surface area contributed by atoms with E-state index < -0.39 is 12.9 Å². The number of hydrogen-bond acceptors (Lipinski definition) is 3. The molecule has 3 heteroatoms. The van der Waals surface area contributed by atoms with Gasteiger partial charge >= 0.3 is 0 Å². The molecule has 0 aromatic carbocycles. The van der Waals surface area contributed by atoms with Crippen LogP contribution in [0.1, 0.15) is 24.7 Å². The lowest BCUT2D eigenvalue weighted by Crippen LogP contribution is -2.48. The quantitative estimate of drug-likeness (QED) is 0.678. The Balaban J connectivity index is 2.25. The predicted octanol–water partition coefficient (Wildman–Crippen LogP) is 1.25. The monoisotopic (exact) mass is 200 g/mol. The van der Waals surface area contributed by atoms with Crippen molar-refractivity contribution in [2.24, 2.45) is 0 Å². The van der Waals surface area contributed by atoms with Gasteiger partial charge in [-0.15, -0.1) is 11.3 Å². The minimum absolute atomic E-state index is 0.0112. The summed E-state index contributed by atoms with van der Waals surface area (Å²) in [4.78, 5) is 2.16. The molecule has 0 radical (unpaired) electrons. The van der Waals surface area contributed by atoms with Crippen molar-refractivity contribution in [3.05, 3.63) is 21.8 Å². The van der Waals surface area contributed by atoms with E-state index in [4.69, 9.17) is 8.22 Å². The smallest absolute Gasteiger partial charge is 0.0740 e. The highest BCUT2D eigenvalue weighted by molar-refractivity contribution is 7.10. The molecule has 1 N–H and O–H groups in total. The molecule has 3 heterocycles. The first-order valence-corrected chi connectivity index (χ1v) is 5.18. The van der Waals surface area contributed by atoms with Crippen LogP contribution in [-0.4, -0.2) is 31.0 Å². The Morgan fingerprint density at radius 1 is 1.77 bits per heavy atom. The topological polar surface area (TPSA) is 15.3 Å². The van der Waals surface area contributed by atoms with Gasteiger partial charge in [-0.3, -0.25) is 4.90 Å². The molecule has 0 bridgehead atoms. The van der Waals surface area contributed by atoms with Gasteiger partial charge in [0.05, 0.1) is 8.78 Å². The van der Waals surface area contributed by atoms with Gasteiger partial charge in [0.25, 0.3) is 0 Å². The number of fused-ring (bicyclic) bond motifs is 3. The minimum Gasteiger partial charge on any atom is -0.314 e. The number of piperazine rings is 1. The molecular formula is C10H14N2S. The van der Waals surface area contributed by atoms with Crippen LogP contribution in [0.15, 0.2) is 11.4 Å². The van der Waals surface area contributed by atoms with Crippen LogP contribution in [0.4, 0.5) is 0 Å². The summed E-state index contributed by atoms with van der Waals surface area (Å²) in [7, 11) is 0. The molecule has 2 nitrogen and oxygen atoms in total. The fourth-order valence-corrected chi connectivity index (χ4v) is 2.59. The van der Waals surface area contributed by atoms with E-state index in [0.717, 1.165) is 11.3 Å². The third-order valence-electron chi connectivity index (χ3n) is 2.45. The lowest BCUT2D eigenvalue weighted by molar-refractivity contribution is 0.155. The van der Waals surface area contributed by atoms with Crippen molar-refractivity contribution in [1.29, 1.82) is 0 Å². The molecule has 1 aromatic rings. The van der Waals surface area contributed by atoms with Crippen molar-refractivity contribution in [1.82, 2.24) is 10.2 Å². The van der Waals surface area contributed by atoms with E-state index in [1.165, 1.54) is 4.90 Å². The lowest BCUT2D eigenvalue weighted by atomic mass is 10.0. The fourth-order valence-electron chi connectivity index (χ4n) is 1.77. The Kier molecular flexibility index (Phi) is 0.950. The molecule has 1 saturated heterocycles. The first kappa shape index (κ1) is 4.01. The molecule has 1 fully saturated rings. The molecule has 2 aliphatic heterocycles. The second kappa shape index (κ2) is 3.08. The summed E-state index contributed by atoms with van der Waals surface area (Å²) in [6, 6.07) is -0.449. The highest BCUT2D eigenvalue weighted by Crippen LogP contribution is 2.34. The lowest BCUT2D eigenvalue weighted by Gasteiger charge is -2.39.